The van der Waals surface area contributed by atoms with Crippen LogP contribution in [0, 0.1) is 17.1 Å². The molecule has 0 saturated heterocycles. The molecule has 8 heteroatoms. The molecule has 1 amide bonds. The van der Waals surface area contributed by atoms with Gasteiger partial charge in [0.1, 0.15) is 11.6 Å². The highest BCUT2D eigenvalue weighted by atomic mass is 79.9. The number of rotatable bonds is 3. The number of benzene rings is 1. The van der Waals surface area contributed by atoms with Crippen LogP contribution in [-0.2, 0) is 0 Å². The van der Waals surface area contributed by atoms with E-state index in [1.807, 2.05) is 0 Å². The maximum atomic E-state index is 13.6. The fourth-order valence-electron chi connectivity index (χ4n) is 1.41. The molecule has 0 bridgehead atoms. The molecule has 106 valence electrons. The van der Waals surface area contributed by atoms with Gasteiger partial charge < -0.3 is 4.42 Å². The Balaban J connectivity index is 2.07. The van der Waals surface area contributed by atoms with Crippen molar-refractivity contribution < 1.29 is 13.6 Å². The van der Waals surface area contributed by atoms with Crippen molar-refractivity contribution in [2.24, 2.45) is 5.10 Å². The normalized spacial score (nSPS) is 10.6. The molecule has 0 atom stereocenters. The summed E-state index contributed by atoms with van der Waals surface area (Å²) in [5, 5.41) is 12.3. The smallest absolute Gasteiger partial charge is 0.274 e. The summed E-state index contributed by atoms with van der Waals surface area (Å²) in [5.74, 6) is -1.11. The highest BCUT2D eigenvalue weighted by Crippen LogP contribution is 2.25. The van der Waals surface area contributed by atoms with Crippen LogP contribution in [0.4, 0.5) is 4.39 Å². The number of amides is 1. The summed E-state index contributed by atoms with van der Waals surface area (Å²) >= 11 is 6.39. The van der Waals surface area contributed by atoms with E-state index >= 15 is 0 Å². The van der Waals surface area contributed by atoms with Gasteiger partial charge in [0.05, 0.1) is 27.9 Å². The first-order valence-electron chi connectivity index (χ1n) is 5.49. The van der Waals surface area contributed by atoms with Crippen molar-refractivity contribution in [3.8, 4) is 6.07 Å². The van der Waals surface area contributed by atoms with E-state index in [1.165, 1.54) is 18.3 Å². The lowest BCUT2D eigenvalue weighted by Crippen LogP contribution is -2.19. The second kappa shape index (κ2) is 6.65. The zero-order valence-electron chi connectivity index (χ0n) is 10.2. The number of hydrogen-bond acceptors (Lipinski definition) is 4. The molecule has 21 heavy (non-hydrogen) atoms. The summed E-state index contributed by atoms with van der Waals surface area (Å²) in [6.45, 7) is 0. The Hall–Kier alpha value is -1.98. The summed E-state index contributed by atoms with van der Waals surface area (Å²) in [5.41, 5.74) is 2.11. The quantitative estimate of drug-likeness (QED) is 0.615. The Morgan fingerprint density at radius 2 is 2.19 bits per heavy atom. The maximum absolute atomic E-state index is 13.6. The SMILES string of the molecule is N#Cc1ccc(C(=O)N/N=C\c2cc(Br)c(Br)o2)c(F)c1. The summed E-state index contributed by atoms with van der Waals surface area (Å²) in [4.78, 5) is 11.7. The number of hydrogen-bond donors (Lipinski definition) is 1. The summed E-state index contributed by atoms with van der Waals surface area (Å²) < 4.78 is 20.0. The fraction of sp³-hybridized carbons (Fsp3) is 0. The van der Waals surface area contributed by atoms with Crippen molar-refractivity contribution >= 4 is 44.0 Å². The molecule has 0 unspecified atom stereocenters. The number of hydrazone groups is 1. The summed E-state index contributed by atoms with van der Waals surface area (Å²) in [7, 11) is 0. The summed E-state index contributed by atoms with van der Waals surface area (Å²) in [6, 6.07) is 6.98. The van der Waals surface area contributed by atoms with Gasteiger partial charge in [-0.3, -0.25) is 4.79 Å². The fourth-order valence-corrected chi connectivity index (χ4v) is 2.02. The number of carbonyl (C=O) groups excluding carboxylic acids is 1. The van der Waals surface area contributed by atoms with Crippen LogP contribution in [0.3, 0.4) is 0 Å². The van der Waals surface area contributed by atoms with Crippen LogP contribution in [0.2, 0.25) is 0 Å². The monoisotopic (exact) mass is 413 g/mol. The van der Waals surface area contributed by atoms with E-state index in [9.17, 15) is 9.18 Å². The average molecular weight is 415 g/mol. The van der Waals surface area contributed by atoms with E-state index < -0.39 is 11.7 Å². The van der Waals surface area contributed by atoms with Crippen molar-refractivity contribution in [3.05, 3.63) is 56.1 Å². The Labute approximate surface area is 135 Å². The van der Waals surface area contributed by atoms with Gasteiger partial charge in [-0.15, -0.1) is 0 Å². The van der Waals surface area contributed by atoms with Gasteiger partial charge in [-0.2, -0.15) is 10.4 Å². The lowest BCUT2D eigenvalue weighted by Gasteiger charge is -2.01. The Kier molecular flexibility index (Phi) is 4.88. The minimum atomic E-state index is -0.787. The van der Waals surface area contributed by atoms with Gasteiger partial charge in [-0.05, 0) is 50.1 Å². The molecule has 5 nitrogen and oxygen atoms in total. The minimum absolute atomic E-state index is 0.137. The van der Waals surface area contributed by atoms with Gasteiger partial charge >= 0.3 is 0 Å². The van der Waals surface area contributed by atoms with Crippen LogP contribution in [0.5, 0.6) is 0 Å². The predicted octanol–water partition coefficient (Wildman–Crippen LogP) is 3.58. The Morgan fingerprint density at radius 3 is 2.76 bits per heavy atom. The number of halogens is 3. The van der Waals surface area contributed by atoms with Crippen LogP contribution in [0.25, 0.3) is 0 Å². The van der Waals surface area contributed by atoms with Crippen LogP contribution < -0.4 is 5.43 Å². The zero-order chi connectivity index (χ0) is 15.4. The van der Waals surface area contributed by atoms with E-state index in [-0.39, 0.29) is 11.1 Å². The molecule has 1 aromatic heterocycles. The molecule has 0 spiro atoms. The topological polar surface area (TPSA) is 78.4 Å². The first-order chi connectivity index (χ1) is 10.0. The van der Waals surface area contributed by atoms with E-state index in [0.717, 1.165) is 6.07 Å². The second-order valence-electron chi connectivity index (χ2n) is 3.78. The first-order valence-corrected chi connectivity index (χ1v) is 7.07. The molecule has 0 saturated carbocycles. The molecular formula is C13H6Br2FN3O2. The number of nitriles is 1. The molecule has 0 aliphatic heterocycles. The van der Waals surface area contributed by atoms with Crippen molar-refractivity contribution in [1.82, 2.24) is 5.43 Å². The third-order valence-corrected chi connectivity index (χ3v) is 4.08. The lowest BCUT2D eigenvalue weighted by atomic mass is 10.1. The maximum Gasteiger partial charge on any atom is 0.274 e. The molecular weight excluding hydrogens is 409 g/mol. The largest absolute Gasteiger partial charge is 0.447 e. The molecule has 2 aromatic rings. The number of carbonyl (C=O) groups is 1. The molecule has 2 rings (SSSR count). The van der Waals surface area contributed by atoms with Gasteiger partial charge in [0.25, 0.3) is 5.91 Å². The number of nitrogens with zero attached hydrogens (tertiary/aromatic N) is 2. The van der Waals surface area contributed by atoms with Gasteiger partial charge in [-0.1, -0.05) is 0 Å². The van der Waals surface area contributed by atoms with Crippen LogP contribution in [0.1, 0.15) is 21.7 Å². The molecule has 0 aliphatic carbocycles. The zero-order valence-corrected chi connectivity index (χ0v) is 13.4. The number of furan rings is 1. The van der Waals surface area contributed by atoms with Crippen LogP contribution in [0.15, 0.2) is 42.9 Å². The number of nitrogens with one attached hydrogen (secondary N) is 1. The van der Waals surface area contributed by atoms with Crippen molar-refractivity contribution in [2.75, 3.05) is 0 Å². The minimum Gasteiger partial charge on any atom is -0.447 e. The first kappa shape index (κ1) is 15.4. The highest BCUT2D eigenvalue weighted by molar-refractivity contribution is 9.13. The van der Waals surface area contributed by atoms with E-state index in [2.05, 4.69) is 42.4 Å². The summed E-state index contributed by atoms with van der Waals surface area (Å²) in [6.07, 6.45) is 1.27. The average Bonchev–Trinajstić information content (AvgIpc) is 2.77. The Morgan fingerprint density at radius 1 is 1.43 bits per heavy atom. The third kappa shape index (κ3) is 3.77. The molecule has 0 radical (unpaired) electrons. The molecule has 1 heterocycles. The van der Waals surface area contributed by atoms with E-state index in [4.69, 9.17) is 9.68 Å². The van der Waals surface area contributed by atoms with Crippen molar-refractivity contribution in [3.63, 3.8) is 0 Å². The lowest BCUT2D eigenvalue weighted by molar-refractivity contribution is 0.0951. The van der Waals surface area contributed by atoms with Gasteiger partial charge in [0, 0.05) is 6.07 Å². The van der Waals surface area contributed by atoms with Crippen LogP contribution in [-0.4, -0.2) is 12.1 Å². The highest BCUT2D eigenvalue weighted by Gasteiger charge is 2.11. The third-order valence-electron chi connectivity index (χ3n) is 2.36. The molecule has 1 aromatic carbocycles. The molecule has 0 aliphatic rings. The second-order valence-corrected chi connectivity index (χ2v) is 5.35. The van der Waals surface area contributed by atoms with Crippen LogP contribution >= 0.6 is 31.9 Å². The molecule has 1 N–H and O–H groups in total. The van der Waals surface area contributed by atoms with Gasteiger partial charge in [-0.25, -0.2) is 9.82 Å². The Bertz CT molecular complexity index is 746. The molecule has 0 fully saturated rings. The predicted molar refractivity (Wildman–Crippen MR) is 80.3 cm³/mol. The van der Waals surface area contributed by atoms with Gasteiger partial charge in [0.15, 0.2) is 4.67 Å². The van der Waals surface area contributed by atoms with E-state index in [0.29, 0.717) is 14.9 Å². The van der Waals surface area contributed by atoms with E-state index in [1.54, 1.807) is 12.1 Å². The van der Waals surface area contributed by atoms with Crippen molar-refractivity contribution in [2.45, 2.75) is 0 Å². The van der Waals surface area contributed by atoms with Gasteiger partial charge in [0.2, 0.25) is 0 Å². The van der Waals surface area contributed by atoms with Crippen molar-refractivity contribution in [1.29, 1.82) is 5.26 Å². The standard InChI is InChI=1S/C13H6Br2FN3O2/c14-10-4-8(21-12(10)15)6-18-19-13(20)9-2-1-7(5-17)3-11(9)16/h1-4,6H,(H,19,20)/b18-6-.